The van der Waals surface area contributed by atoms with Crippen LogP contribution in [0.15, 0.2) is 11.6 Å². The highest BCUT2D eigenvalue weighted by Gasteiger charge is 1.85. The molecular formula is C7H12O2. The van der Waals surface area contributed by atoms with Crippen molar-refractivity contribution in [3.8, 4) is 0 Å². The summed E-state index contributed by atoms with van der Waals surface area (Å²) in [6, 6.07) is 0. The maximum atomic E-state index is 9.85. The summed E-state index contributed by atoms with van der Waals surface area (Å²) < 4.78 is 5.02. The van der Waals surface area contributed by atoms with E-state index < -0.39 is 0 Å². The molecule has 0 aliphatic heterocycles. The lowest BCUT2D eigenvalue weighted by atomic mass is 10.3. The number of hydrogen-bond acceptors (Lipinski definition) is 2. The van der Waals surface area contributed by atoms with Crippen molar-refractivity contribution in [1.29, 1.82) is 0 Å². The Balaban J connectivity index is 3.36. The highest BCUT2D eigenvalue weighted by molar-refractivity contribution is 5.65. The van der Waals surface area contributed by atoms with Crippen LogP contribution in [0.3, 0.4) is 0 Å². The second-order valence-corrected chi connectivity index (χ2v) is 1.79. The van der Waals surface area contributed by atoms with E-state index in [1.54, 1.807) is 0 Å². The van der Waals surface area contributed by atoms with Gasteiger partial charge in [-0.15, -0.1) is 0 Å². The standard InChI is InChI=1S/C7H12O2/c1-3-9-6-7(2)4-5-8/h4-5H,3,6H2,1-2H3/b7-4+. The molecule has 0 bridgehead atoms. The fourth-order valence-electron chi connectivity index (χ4n) is 0.427. The molecule has 0 saturated carbocycles. The molecule has 0 aromatic rings. The van der Waals surface area contributed by atoms with Crippen molar-refractivity contribution >= 4 is 6.29 Å². The van der Waals surface area contributed by atoms with Crippen molar-refractivity contribution in [2.75, 3.05) is 13.2 Å². The summed E-state index contributed by atoms with van der Waals surface area (Å²) in [6.45, 7) is 5.05. The quantitative estimate of drug-likeness (QED) is 0.419. The molecule has 0 rings (SSSR count). The summed E-state index contributed by atoms with van der Waals surface area (Å²) in [7, 11) is 0. The smallest absolute Gasteiger partial charge is 0.142 e. The lowest BCUT2D eigenvalue weighted by Crippen LogP contribution is -1.94. The van der Waals surface area contributed by atoms with Crippen LogP contribution in [0.1, 0.15) is 13.8 Å². The second kappa shape index (κ2) is 5.51. The molecule has 2 nitrogen and oxygen atoms in total. The molecule has 0 N–H and O–H groups in total. The lowest BCUT2D eigenvalue weighted by Gasteiger charge is -1.97. The van der Waals surface area contributed by atoms with Crippen LogP contribution in [-0.2, 0) is 9.53 Å². The van der Waals surface area contributed by atoms with Gasteiger partial charge in [-0.2, -0.15) is 0 Å². The highest BCUT2D eigenvalue weighted by Crippen LogP contribution is 1.90. The van der Waals surface area contributed by atoms with E-state index in [9.17, 15) is 4.79 Å². The summed E-state index contributed by atoms with van der Waals surface area (Å²) >= 11 is 0. The molecule has 0 aliphatic carbocycles. The molecule has 0 amide bonds. The van der Waals surface area contributed by atoms with Gasteiger partial charge in [0.05, 0.1) is 6.61 Å². The van der Waals surface area contributed by atoms with Gasteiger partial charge in [0.15, 0.2) is 0 Å². The van der Waals surface area contributed by atoms with Gasteiger partial charge in [-0.05, 0) is 25.5 Å². The Hall–Kier alpha value is -0.630. The highest BCUT2D eigenvalue weighted by atomic mass is 16.5. The summed E-state index contributed by atoms with van der Waals surface area (Å²) in [6.07, 6.45) is 2.28. The molecule has 0 saturated heterocycles. The first kappa shape index (κ1) is 8.37. The number of hydrogen-bond donors (Lipinski definition) is 0. The van der Waals surface area contributed by atoms with Gasteiger partial charge in [0.25, 0.3) is 0 Å². The monoisotopic (exact) mass is 128 g/mol. The molecule has 0 aromatic heterocycles. The fraction of sp³-hybridized carbons (Fsp3) is 0.571. The van der Waals surface area contributed by atoms with Gasteiger partial charge in [0, 0.05) is 6.61 Å². The summed E-state index contributed by atoms with van der Waals surface area (Å²) in [5.74, 6) is 0. The van der Waals surface area contributed by atoms with Crippen molar-refractivity contribution in [2.24, 2.45) is 0 Å². The Bertz CT molecular complexity index is 105. The first-order chi connectivity index (χ1) is 4.31. The van der Waals surface area contributed by atoms with E-state index in [0.717, 1.165) is 11.9 Å². The number of aldehydes is 1. The number of rotatable bonds is 4. The van der Waals surface area contributed by atoms with E-state index >= 15 is 0 Å². The van der Waals surface area contributed by atoms with E-state index in [0.29, 0.717) is 13.2 Å². The summed E-state index contributed by atoms with van der Waals surface area (Å²) in [5.41, 5.74) is 0.965. The van der Waals surface area contributed by atoms with E-state index in [2.05, 4.69) is 0 Å². The maximum Gasteiger partial charge on any atom is 0.142 e. The Morgan fingerprint density at radius 3 is 2.78 bits per heavy atom. The van der Waals surface area contributed by atoms with Crippen LogP contribution < -0.4 is 0 Å². The molecule has 0 aromatic carbocycles. The van der Waals surface area contributed by atoms with Gasteiger partial charge in [0.2, 0.25) is 0 Å². The first-order valence-electron chi connectivity index (χ1n) is 3.00. The molecular weight excluding hydrogens is 116 g/mol. The van der Waals surface area contributed by atoms with Crippen LogP contribution in [0.25, 0.3) is 0 Å². The van der Waals surface area contributed by atoms with E-state index in [1.165, 1.54) is 6.08 Å². The SMILES string of the molecule is CCOC/C(C)=C/C=O. The van der Waals surface area contributed by atoms with Crippen LogP contribution >= 0.6 is 0 Å². The van der Waals surface area contributed by atoms with Crippen LogP contribution in [0.4, 0.5) is 0 Å². The molecule has 0 fully saturated rings. The summed E-state index contributed by atoms with van der Waals surface area (Å²) in [5, 5.41) is 0. The minimum Gasteiger partial charge on any atom is -0.377 e. The minimum absolute atomic E-state index is 0.565. The molecule has 9 heavy (non-hydrogen) atoms. The van der Waals surface area contributed by atoms with Crippen molar-refractivity contribution in [1.82, 2.24) is 0 Å². The Morgan fingerprint density at radius 2 is 2.33 bits per heavy atom. The number of ether oxygens (including phenoxy) is 1. The fourth-order valence-corrected chi connectivity index (χ4v) is 0.427. The first-order valence-corrected chi connectivity index (χ1v) is 3.00. The van der Waals surface area contributed by atoms with Crippen LogP contribution in [0.2, 0.25) is 0 Å². The minimum atomic E-state index is 0.565. The molecule has 52 valence electrons. The number of carbonyl (C=O) groups is 1. The van der Waals surface area contributed by atoms with Crippen molar-refractivity contribution in [2.45, 2.75) is 13.8 Å². The molecule has 0 aliphatic rings. The van der Waals surface area contributed by atoms with Gasteiger partial charge in [-0.3, -0.25) is 4.79 Å². The summed E-state index contributed by atoms with van der Waals surface area (Å²) in [4.78, 5) is 9.85. The van der Waals surface area contributed by atoms with Crippen LogP contribution in [0, 0.1) is 0 Å². The van der Waals surface area contributed by atoms with Gasteiger partial charge in [0.1, 0.15) is 6.29 Å². The molecule has 0 radical (unpaired) electrons. The zero-order valence-corrected chi connectivity index (χ0v) is 5.89. The van der Waals surface area contributed by atoms with Gasteiger partial charge < -0.3 is 4.74 Å². The zero-order chi connectivity index (χ0) is 7.11. The maximum absolute atomic E-state index is 9.85. The van der Waals surface area contributed by atoms with Crippen LogP contribution in [0.5, 0.6) is 0 Å². The number of carbonyl (C=O) groups excluding carboxylic acids is 1. The number of allylic oxidation sites excluding steroid dienone is 1. The largest absolute Gasteiger partial charge is 0.377 e. The van der Waals surface area contributed by atoms with Gasteiger partial charge in [-0.25, -0.2) is 0 Å². The Morgan fingerprint density at radius 1 is 1.67 bits per heavy atom. The predicted molar refractivity (Wildman–Crippen MR) is 36.3 cm³/mol. The molecule has 0 spiro atoms. The van der Waals surface area contributed by atoms with Gasteiger partial charge in [-0.1, -0.05) is 0 Å². The second-order valence-electron chi connectivity index (χ2n) is 1.79. The van der Waals surface area contributed by atoms with Crippen molar-refractivity contribution < 1.29 is 9.53 Å². The Kier molecular flexibility index (Phi) is 5.12. The molecule has 2 heteroatoms. The third-order valence-electron chi connectivity index (χ3n) is 0.886. The Labute approximate surface area is 55.5 Å². The third kappa shape index (κ3) is 5.24. The van der Waals surface area contributed by atoms with Crippen molar-refractivity contribution in [3.63, 3.8) is 0 Å². The lowest BCUT2D eigenvalue weighted by molar-refractivity contribution is -0.104. The zero-order valence-electron chi connectivity index (χ0n) is 5.89. The topological polar surface area (TPSA) is 26.3 Å². The average molecular weight is 128 g/mol. The van der Waals surface area contributed by atoms with Crippen molar-refractivity contribution in [3.05, 3.63) is 11.6 Å². The van der Waals surface area contributed by atoms with E-state index in [1.807, 2.05) is 13.8 Å². The molecule has 0 atom stereocenters. The van der Waals surface area contributed by atoms with Crippen LogP contribution in [-0.4, -0.2) is 19.5 Å². The average Bonchev–Trinajstić information content (AvgIpc) is 1.85. The predicted octanol–water partition coefficient (Wildman–Crippen LogP) is 1.17. The molecule has 0 unspecified atom stereocenters. The normalized spacial score (nSPS) is 11.6. The third-order valence-corrected chi connectivity index (χ3v) is 0.886. The van der Waals surface area contributed by atoms with Gasteiger partial charge >= 0.3 is 0 Å². The van der Waals surface area contributed by atoms with E-state index in [4.69, 9.17) is 4.74 Å². The van der Waals surface area contributed by atoms with E-state index in [-0.39, 0.29) is 0 Å². The molecule has 0 heterocycles.